The van der Waals surface area contributed by atoms with Crippen molar-refractivity contribution in [2.75, 3.05) is 0 Å². The highest BCUT2D eigenvalue weighted by atomic mass is 35.5. The minimum atomic E-state index is -0.841. The topological polar surface area (TPSA) is 108 Å². The zero-order valence-corrected chi connectivity index (χ0v) is 15.3. The molecule has 2 aromatic carbocycles. The Morgan fingerprint density at radius 1 is 1.19 bits per heavy atom. The Hall–Kier alpha value is -2.97. The lowest BCUT2D eigenvalue weighted by atomic mass is 10.2. The minimum Gasteiger partial charge on any atom is -0.449 e. The summed E-state index contributed by atoms with van der Waals surface area (Å²) in [6, 6.07) is 10.2. The van der Waals surface area contributed by atoms with Crippen molar-refractivity contribution in [2.45, 2.75) is 13.0 Å². The molecule has 0 fully saturated rings. The van der Waals surface area contributed by atoms with E-state index in [0.29, 0.717) is 5.56 Å². The Morgan fingerprint density at radius 2 is 1.89 bits per heavy atom. The van der Waals surface area contributed by atoms with Crippen LogP contribution in [-0.4, -0.2) is 21.1 Å². The van der Waals surface area contributed by atoms with Crippen molar-refractivity contribution in [1.29, 1.82) is 0 Å². The first-order valence-electron chi connectivity index (χ1n) is 7.60. The summed E-state index contributed by atoms with van der Waals surface area (Å²) in [7, 11) is 0. The van der Waals surface area contributed by atoms with Crippen molar-refractivity contribution in [3.05, 3.63) is 74.1 Å². The van der Waals surface area contributed by atoms with Gasteiger partial charge in [-0.1, -0.05) is 29.3 Å². The lowest BCUT2D eigenvalue weighted by Gasteiger charge is -2.10. The quantitative estimate of drug-likeness (QED) is 0.337. The second kappa shape index (κ2) is 7.73. The summed E-state index contributed by atoms with van der Waals surface area (Å²) in [5.74, 6) is -0.483. The molecule has 0 aliphatic rings. The van der Waals surface area contributed by atoms with Crippen molar-refractivity contribution >= 4 is 34.9 Å². The van der Waals surface area contributed by atoms with E-state index >= 15 is 0 Å². The largest absolute Gasteiger partial charge is 0.449 e. The summed E-state index contributed by atoms with van der Waals surface area (Å²) in [6.45, 7) is 1.56. The molecule has 0 amide bonds. The van der Waals surface area contributed by atoms with Gasteiger partial charge in [-0.05, 0) is 31.2 Å². The Labute approximate surface area is 162 Å². The fraction of sp³-hybridized carbons (Fsp3) is 0.118. The van der Waals surface area contributed by atoms with Gasteiger partial charge >= 0.3 is 5.97 Å². The van der Waals surface area contributed by atoms with Crippen LogP contribution in [-0.2, 0) is 4.74 Å². The van der Waals surface area contributed by atoms with Gasteiger partial charge in [0.25, 0.3) is 11.6 Å². The van der Waals surface area contributed by atoms with E-state index in [9.17, 15) is 14.9 Å². The third kappa shape index (κ3) is 4.07. The highest BCUT2D eigenvalue weighted by molar-refractivity contribution is 6.43. The van der Waals surface area contributed by atoms with Crippen molar-refractivity contribution in [2.24, 2.45) is 0 Å². The normalized spacial score (nSPS) is 11.8. The van der Waals surface area contributed by atoms with Crippen molar-refractivity contribution in [1.82, 2.24) is 10.2 Å². The lowest BCUT2D eigenvalue weighted by Crippen LogP contribution is -2.10. The third-order valence-corrected chi connectivity index (χ3v) is 4.39. The molecule has 10 heteroatoms. The molecule has 138 valence electrons. The molecular weight excluding hydrogens is 397 g/mol. The first-order chi connectivity index (χ1) is 12.9. The Kier molecular flexibility index (Phi) is 5.38. The fourth-order valence-electron chi connectivity index (χ4n) is 2.18. The number of nitro benzene ring substituents is 1. The van der Waals surface area contributed by atoms with Gasteiger partial charge in [-0.15, -0.1) is 10.2 Å². The predicted molar refractivity (Wildman–Crippen MR) is 96.7 cm³/mol. The molecule has 1 atom stereocenters. The first-order valence-corrected chi connectivity index (χ1v) is 8.35. The number of non-ortho nitro benzene ring substituents is 1. The molecular formula is C17H11Cl2N3O5. The molecule has 8 nitrogen and oxygen atoms in total. The lowest BCUT2D eigenvalue weighted by molar-refractivity contribution is -0.384. The number of carbonyl (C=O) groups is 1. The second-order valence-electron chi connectivity index (χ2n) is 5.40. The van der Waals surface area contributed by atoms with Crippen LogP contribution < -0.4 is 0 Å². The molecule has 0 aliphatic heterocycles. The minimum absolute atomic E-state index is 0.0563. The van der Waals surface area contributed by atoms with Crippen LogP contribution in [0.2, 0.25) is 10.0 Å². The molecule has 0 spiro atoms. The summed E-state index contributed by atoms with van der Waals surface area (Å²) in [5.41, 5.74) is 0.557. The first kappa shape index (κ1) is 18.8. The SMILES string of the molecule is C[C@@H](OC(=O)c1cccc(Cl)c1Cl)c1nnc(-c2ccc([N+](=O)[O-])cc2)o1. The average Bonchev–Trinajstić information content (AvgIpc) is 3.14. The van der Waals surface area contributed by atoms with Crippen LogP contribution in [0.1, 0.15) is 29.3 Å². The summed E-state index contributed by atoms with van der Waals surface area (Å²) >= 11 is 11.9. The van der Waals surface area contributed by atoms with Crippen LogP contribution in [0.15, 0.2) is 46.9 Å². The van der Waals surface area contributed by atoms with Gasteiger partial charge in [0, 0.05) is 17.7 Å². The maximum atomic E-state index is 12.3. The molecule has 27 heavy (non-hydrogen) atoms. The van der Waals surface area contributed by atoms with Crippen molar-refractivity contribution in [3.8, 4) is 11.5 Å². The van der Waals surface area contributed by atoms with Crippen molar-refractivity contribution in [3.63, 3.8) is 0 Å². The van der Waals surface area contributed by atoms with Gasteiger partial charge in [0.05, 0.1) is 20.5 Å². The second-order valence-corrected chi connectivity index (χ2v) is 6.18. The number of aromatic nitrogens is 2. The number of nitro groups is 1. The third-order valence-electron chi connectivity index (χ3n) is 3.57. The Bertz CT molecular complexity index is 1000. The molecule has 0 radical (unpaired) electrons. The van der Waals surface area contributed by atoms with Gasteiger partial charge in [0.15, 0.2) is 6.10 Å². The average molecular weight is 408 g/mol. The molecule has 0 aliphatic carbocycles. The van der Waals surface area contributed by atoms with Gasteiger partial charge in [0.2, 0.25) is 5.89 Å². The number of nitrogens with zero attached hydrogens (tertiary/aromatic N) is 3. The van der Waals surface area contributed by atoms with Gasteiger partial charge in [0.1, 0.15) is 0 Å². The number of hydrogen-bond acceptors (Lipinski definition) is 7. The molecule has 1 aromatic heterocycles. The van der Waals surface area contributed by atoms with E-state index < -0.39 is 17.0 Å². The maximum Gasteiger partial charge on any atom is 0.340 e. The standard InChI is InChI=1S/C17H11Cl2N3O5/c1-9(26-17(23)12-3-2-4-13(18)14(12)19)15-20-21-16(27-15)10-5-7-11(8-6-10)22(24)25/h2-9H,1H3/t9-/m1/s1. The fourth-order valence-corrected chi connectivity index (χ4v) is 2.55. The van der Waals surface area contributed by atoms with E-state index in [0.717, 1.165) is 0 Å². The van der Waals surface area contributed by atoms with E-state index in [1.54, 1.807) is 19.1 Å². The van der Waals surface area contributed by atoms with E-state index in [2.05, 4.69) is 10.2 Å². The number of benzene rings is 2. The Morgan fingerprint density at radius 3 is 2.56 bits per heavy atom. The van der Waals surface area contributed by atoms with Crippen molar-refractivity contribution < 1.29 is 18.9 Å². The number of halogens is 2. The van der Waals surface area contributed by atoms with E-state index in [-0.39, 0.29) is 33.1 Å². The molecule has 3 rings (SSSR count). The smallest absolute Gasteiger partial charge is 0.340 e. The number of rotatable bonds is 5. The number of carbonyl (C=O) groups excluding carboxylic acids is 1. The van der Waals surface area contributed by atoms with Crippen LogP contribution in [0.4, 0.5) is 5.69 Å². The molecule has 3 aromatic rings. The number of esters is 1. The van der Waals surface area contributed by atoms with Crippen LogP contribution >= 0.6 is 23.2 Å². The van der Waals surface area contributed by atoms with E-state index in [1.165, 1.54) is 30.3 Å². The van der Waals surface area contributed by atoms with Gasteiger partial charge in [-0.2, -0.15) is 0 Å². The molecule has 0 saturated carbocycles. The maximum absolute atomic E-state index is 12.3. The summed E-state index contributed by atoms with van der Waals surface area (Å²) in [5, 5.41) is 18.7. The highest BCUT2D eigenvalue weighted by Gasteiger charge is 2.22. The zero-order valence-electron chi connectivity index (χ0n) is 13.8. The van der Waals surface area contributed by atoms with Crippen LogP contribution in [0, 0.1) is 10.1 Å². The summed E-state index contributed by atoms with van der Waals surface area (Å²) in [4.78, 5) is 22.4. The van der Waals surface area contributed by atoms with Crippen LogP contribution in [0.3, 0.4) is 0 Å². The van der Waals surface area contributed by atoms with Crippen LogP contribution in [0.5, 0.6) is 0 Å². The van der Waals surface area contributed by atoms with Gasteiger partial charge in [-0.25, -0.2) is 4.79 Å². The summed E-state index contributed by atoms with van der Waals surface area (Å²) in [6.07, 6.45) is -0.841. The van der Waals surface area contributed by atoms with E-state index in [4.69, 9.17) is 32.4 Å². The summed E-state index contributed by atoms with van der Waals surface area (Å²) < 4.78 is 10.8. The number of ether oxygens (including phenoxy) is 1. The number of hydrogen-bond donors (Lipinski definition) is 0. The molecule has 0 saturated heterocycles. The molecule has 0 bridgehead atoms. The van der Waals surface area contributed by atoms with Gasteiger partial charge in [-0.3, -0.25) is 10.1 Å². The molecule has 1 heterocycles. The van der Waals surface area contributed by atoms with E-state index in [1.807, 2.05) is 0 Å². The molecule has 0 unspecified atom stereocenters. The Balaban J connectivity index is 1.74. The highest BCUT2D eigenvalue weighted by Crippen LogP contribution is 2.28. The predicted octanol–water partition coefficient (Wildman–Crippen LogP) is 4.87. The van der Waals surface area contributed by atoms with Gasteiger partial charge < -0.3 is 9.15 Å². The van der Waals surface area contributed by atoms with Crippen LogP contribution in [0.25, 0.3) is 11.5 Å². The monoisotopic (exact) mass is 407 g/mol. The molecule has 0 N–H and O–H groups in total. The zero-order chi connectivity index (χ0) is 19.6.